The van der Waals surface area contributed by atoms with Gasteiger partial charge in [-0.05, 0) is 25.7 Å². The molecule has 0 aromatic rings. The van der Waals surface area contributed by atoms with Crippen LogP contribution in [0.5, 0.6) is 0 Å². The largest absolute Gasteiger partial charge is 0.461 e. The maximum atomic E-state index is 11.9. The zero-order chi connectivity index (χ0) is 22.5. The Morgan fingerprint density at radius 3 is 1.50 bits per heavy atom. The van der Waals surface area contributed by atoms with E-state index >= 15 is 0 Å². The molecule has 0 saturated carbocycles. The van der Waals surface area contributed by atoms with Gasteiger partial charge >= 0.3 is 17.9 Å². The number of rotatable bonds is 16. The Morgan fingerprint density at radius 2 is 1.00 bits per heavy atom. The molecule has 0 radical (unpaired) electrons. The maximum absolute atomic E-state index is 11.9. The van der Waals surface area contributed by atoms with Crippen LogP contribution in [-0.2, 0) is 28.6 Å². The molecule has 0 aliphatic heterocycles. The normalized spacial score (nSPS) is 12.8. The van der Waals surface area contributed by atoms with Crippen molar-refractivity contribution >= 4 is 17.9 Å². The molecular weight excluding hydrogens is 384 g/mol. The van der Waals surface area contributed by atoms with Gasteiger partial charge < -0.3 is 14.2 Å². The SMILES string of the molecule is CC/C=C\C/C=C\CC(=O)OCC(COC(=O)C/C=C\CC)OC(=O)C/C=C\CC. The Labute approximate surface area is 180 Å². The molecule has 0 amide bonds. The summed E-state index contributed by atoms with van der Waals surface area (Å²) in [6.07, 6.45) is 17.8. The average Bonchev–Trinajstić information content (AvgIpc) is 2.73. The Hall–Kier alpha value is -2.63. The first kappa shape index (κ1) is 27.4. The first-order chi connectivity index (χ1) is 14.5. The first-order valence-electron chi connectivity index (χ1n) is 10.6. The third-order valence-corrected chi connectivity index (χ3v) is 3.66. The average molecular weight is 421 g/mol. The fraction of sp³-hybridized carbons (Fsp3) is 0.542. The lowest BCUT2D eigenvalue weighted by Gasteiger charge is -2.17. The summed E-state index contributed by atoms with van der Waals surface area (Å²) < 4.78 is 15.6. The zero-order valence-corrected chi connectivity index (χ0v) is 18.5. The standard InChI is InChI=1S/C24H36O6/c1-4-7-10-11-12-15-17-23(26)29-20-21(30-24(27)18-14-9-6-3)19-28-22(25)16-13-8-5-2/h7-10,12-15,21H,4-6,11,16-20H2,1-3H3/b10-7-,13-8-,14-9-,15-12-. The van der Waals surface area contributed by atoms with Crippen molar-refractivity contribution in [1.29, 1.82) is 0 Å². The monoisotopic (exact) mass is 420 g/mol. The quantitative estimate of drug-likeness (QED) is 0.199. The van der Waals surface area contributed by atoms with Gasteiger partial charge in [0, 0.05) is 0 Å². The van der Waals surface area contributed by atoms with Gasteiger partial charge in [-0.2, -0.15) is 0 Å². The van der Waals surface area contributed by atoms with Crippen molar-refractivity contribution in [2.75, 3.05) is 13.2 Å². The van der Waals surface area contributed by atoms with Crippen molar-refractivity contribution in [3.8, 4) is 0 Å². The van der Waals surface area contributed by atoms with Crippen LogP contribution < -0.4 is 0 Å². The van der Waals surface area contributed by atoms with E-state index in [1.807, 2.05) is 38.2 Å². The molecule has 0 N–H and O–H groups in total. The molecule has 1 atom stereocenters. The van der Waals surface area contributed by atoms with Crippen LogP contribution in [0.2, 0.25) is 0 Å². The van der Waals surface area contributed by atoms with Gasteiger partial charge in [0.05, 0.1) is 19.3 Å². The minimum absolute atomic E-state index is 0.111. The number of carbonyl (C=O) groups excluding carboxylic acids is 3. The molecule has 1 unspecified atom stereocenters. The predicted octanol–water partition coefficient (Wildman–Crippen LogP) is 5.00. The molecule has 0 aliphatic carbocycles. The van der Waals surface area contributed by atoms with Crippen molar-refractivity contribution in [2.45, 2.75) is 71.8 Å². The summed E-state index contributed by atoms with van der Waals surface area (Å²) in [5.74, 6) is -1.33. The van der Waals surface area contributed by atoms with Gasteiger partial charge in [-0.3, -0.25) is 14.4 Å². The van der Waals surface area contributed by atoms with Crippen molar-refractivity contribution in [3.63, 3.8) is 0 Å². The third-order valence-electron chi connectivity index (χ3n) is 3.66. The summed E-state index contributed by atoms with van der Waals surface area (Å²) in [4.78, 5) is 35.6. The lowest BCUT2D eigenvalue weighted by Crippen LogP contribution is -2.30. The van der Waals surface area contributed by atoms with Gasteiger partial charge in [-0.1, -0.05) is 69.4 Å². The molecule has 0 saturated heterocycles. The highest BCUT2D eigenvalue weighted by molar-refractivity contribution is 5.73. The molecule has 0 bridgehead atoms. The molecule has 0 rings (SSSR count). The second-order valence-corrected chi connectivity index (χ2v) is 6.44. The summed E-state index contributed by atoms with van der Waals surface area (Å²) in [6, 6.07) is 0. The van der Waals surface area contributed by atoms with Crippen molar-refractivity contribution in [2.24, 2.45) is 0 Å². The van der Waals surface area contributed by atoms with Crippen molar-refractivity contribution in [1.82, 2.24) is 0 Å². The van der Waals surface area contributed by atoms with Crippen LogP contribution in [0, 0.1) is 0 Å². The van der Waals surface area contributed by atoms with Crippen LogP contribution in [0.25, 0.3) is 0 Å². The fourth-order valence-corrected chi connectivity index (χ4v) is 2.15. The minimum Gasteiger partial charge on any atom is -0.461 e. The topological polar surface area (TPSA) is 78.9 Å². The lowest BCUT2D eigenvalue weighted by atomic mass is 10.3. The molecule has 0 aromatic heterocycles. The Bertz CT molecular complexity index is 601. The highest BCUT2D eigenvalue weighted by Crippen LogP contribution is 2.03. The van der Waals surface area contributed by atoms with Crippen LogP contribution in [0.4, 0.5) is 0 Å². The Morgan fingerprint density at radius 1 is 0.600 bits per heavy atom. The van der Waals surface area contributed by atoms with Gasteiger partial charge in [-0.15, -0.1) is 0 Å². The predicted molar refractivity (Wildman–Crippen MR) is 118 cm³/mol. The minimum atomic E-state index is -0.841. The van der Waals surface area contributed by atoms with Crippen molar-refractivity contribution in [3.05, 3.63) is 48.6 Å². The molecular formula is C24H36O6. The van der Waals surface area contributed by atoms with Crippen LogP contribution >= 0.6 is 0 Å². The molecule has 0 aliphatic rings. The number of esters is 3. The van der Waals surface area contributed by atoms with Gasteiger partial charge in [0.2, 0.25) is 0 Å². The number of hydrogen-bond acceptors (Lipinski definition) is 6. The summed E-state index contributed by atoms with van der Waals surface area (Å²) in [5.41, 5.74) is 0. The highest BCUT2D eigenvalue weighted by Gasteiger charge is 2.18. The summed E-state index contributed by atoms with van der Waals surface area (Å²) in [7, 11) is 0. The van der Waals surface area contributed by atoms with Crippen LogP contribution in [0.1, 0.15) is 65.7 Å². The van der Waals surface area contributed by atoms with E-state index in [4.69, 9.17) is 14.2 Å². The van der Waals surface area contributed by atoms with Crippen molar-refractivity contribution < 1.29 is 28.6 Å². The van der Waals surface area contributed by atoms with E-state index in [1.165, 1.54) is 0 Å². The van der Waals surface area contributed by atoms with E-state index < -0.39 is 24.0 Å². The molecule has 0 fully saturated rings. The second-order valence-electron chi connectivity index (χ2n) is 6.44. The summed E-state index contributed by atoms with van der Waals surface area (Å²) in [6.45, 7) is 5.66. The first-order valence-corrected chi connectivity index (χ1v) is 10.6. The number of carbonyl (C=O) groups is 3. The second kappa shape index (κ2) is 19.7. The van der Waals surface area contributed by atoms with E-state index in [2.05, 4.69) is 13.0 Å². The van der Waals surface area contributed by atoms with E-state index in [0.717, 1.165) is 25.7 Å². The number of ether oxygens (including phenoxy) is 3. The summed E-state index contributed by atoms with van der Waals surface area (Å²) in [5, 5.41) is 0. The van der Waals surface area contributed by atoms with E-state index in [1.54, 1.807) is 18.2 Å². The molecule has 0 heterocycles. The maximum Gasteiger partial charge on any atom is 0.310 e. The smallest absolute Gasteiger partial charge is 0.310 e. The lowest BCUT2D eigenvalue weighted by molar-refractivity contribution is -0.165. The molecule has 6 heteroatoms. The van der Waals surface area contributed by atoms with Gasteiger partial charge in [0.25, 0.3) is 0 Å². The molecule has 0 spiro atoms. The van der Waals surface area contributed by atoms with Gasteiger partial charge in [0.15, 0.2) is 6.10 Å². The van der Waals surface area contributed by atoms with Gasteiger partial charge in [-0.25, -0.2) is 0 Å². The number of allylic oxidation sites excluding steroid dienone is 5. The summed E-state index contributed by atoms with van der Waals surface area (Å²) >= 11 is 0. The number of hydrogen-bond donors (Lipinski definition) is 0. The Kier molecular flexibility index (Phi) is 18.0. The van der Waals surface area contributed by atoms with Crippen LogP contribution in [0.15, 0.2) is 48.6 Å². The third kappa shape index (κ3) is 17.5. The Balaban J connectivity index is 4.55. The molecule has 0 aromatic carbocycles. The highest BCUT2D eigenvalue weighted by atomic mass is 16.6. The van der Waals surface area contributed by atoms with E-state index in [0.29, 0.717) is 0 Å². The zero-order valence-electron chi connectivity index (χ0n) is 18.5. The molecule has 168 valence electrons. The van der Waals surface area contributed by atoms with Gasteiger partial charge in [0.1, 0.15) is 13.2 Å². The molecule has 6 nitrogen and oxygen atoms in total. The van der Waals surface area contributed by atoms with E-state index in [9.17, 15) is 14.4 Å². The van der Waals surface area contributed by atoms with Crippen LogP contribution in [0.3, 0.4) is 0 Å². The molecule has 30 heavy (non-hydrogen) atoms. The van der Waals surface area contributed by atoms with E-state index in [-0.39, 0.29) is 32.5 Å². The van der Waals surface area contributed by atoms with Crippen LogP contribution in [-0.4, -0.2) is 37.2 Å². The fourth-order valence-electron chi connectivity index (χ4n) is 2.15.